The molecule has 0 aromatic heterocycles. The Morgan fingerprint density at radius 1 is 1.00 bits per heavy atom. The smallest absolute Gasteiger partial charge is 0.313 e. The molecular formula is C18H19FN2O4. The van der Waals surface area contributed by atoms with E-state index in [2.05, 4.69) is 10.6 Å². The van der Waals surface area contributed by atoms with E-state index in [0.29, 0.717) is 22.7 Å². The second-order valence-corrected chi connectivity index (χ2v) is 5.26. The Morgan fingerprint density at radius 2 is 1.68 bits per heavy atom. The summed E-state index contributed by atoms with van der Waals surface area (Å²) in [6.45, 7) is 1.73. The van der Waals surface area contributed by atoms with Gasteiger partial charge in [0.05, 0.1) is 20.3 Å². The maximum Gasteiger partial charge on any atom is 0.313 e. The number of ether oxygens (including phenoxy) is 2. The van der Waals surface area contributed by atoms with Crippen LogP contribution >= 0.6 is 0 Å². The molecule has 2 aromatic carbocycles. The van der Waals surface area contributed by atoms with Crippen LogP contribution in [-0.4, -0.2) is 26.0 Å². The summed E-state index contributed by atoms with van der Waals surface area (Å²) in [5, 5.41) is 5.00. The van der Waals surface area contributed by atoms with Gasteiger partial charge in [0.1, 0.15) is 17.3 Å². The summed E-state index contributed by atoms with van der Waals surface area (Å²) in [5.74, 6) is -0.928. The number of halogens is 1. The lowest BCUT2D eigenvalue weighted by Crippen LogP contribution is -2.37. The molecule has 0 saturated heterocycles. The van der Waals surface area contributed by atoms with Gasteiger partial charge in [0.15, 0.2) is 0 Å². The predicted molar refractivity (Wildman–Crippen MR) is 91.1 cm³/mol. The molecule has 0 aliphatic rings. The zero-order valence-electron chi connectivity index (χ0n) is 14.1. The van der Waals surface area contributed by atoms with Gasteiger partial charge in [0, 0.05) is 17.3 Å². The normalized spacial score (nSPS) is 11.4. The molecule has 2 rings (SSSR count). The van der Waals surface area contributed by atoms with Crippen LogP contribution in [-0.2, 0) is 9.59 Å². The summed E-state index contributed by atoms with van der Waals surface area (Å²) < 4.78 is 23.3. The van der Waals surface area contributed by atoms with Gasteiger partial charge in [-0.15, -0.1) is 0 Å². The van der Waals surface area contributed by atoms with Gasteiger partial charge >= 0.3 is 11.8 Å². The van der Waals surface area contributed by atoms with Crippen LogP contribution in [0, 0.1) is 5.82 Å². The molecule has 0 aliphatic carbocycles. The minimum Gasteiger partial charge on any atom is -0.497 e. The van der Waals surface area contributed by atoms with Crippen LogP contribution in [0.4, 0.5) is 10.1 Å². The number of methoxy groups -OCH3 is 2. The lowest BCUT2D eigenvalue weighted by molar-refractivity contribution is -0.136. The lowest BCUT2D eigenvalue weighted by Gasteiger charge is -2.17. The first-order chi connectivity index (χ1) is 11.9. The van der Waals surface area contributed by atoms with Crippen molar-refractivity contribution in [1.29, 1.82) is 0 Å². The first-order valence-corrected chi connectivity index (χ1v) is 7.54. The van der Waals surface area contributed by atoms with Crippen molar-refractivity contribution in [2.75, 3.05) is 19.5 Å². The van der Waals surface area contributed by atoms with Crippen molar-refractivity contribution in [2.45, 2.75) is 13.0 Å². The fourth-order valence-corrected chi connectivity index (χ4v) is 2.24. The lowest BCUT2D eigenvalue weighted by atomic mass is 10.1. The fraction of sp³-hybridized carbons (Fsp3) is 0.222. The Kier molecular flexibility index (Phi) is 5.94. The molecule has 6 nitrogen and oxygen atoms in total. The third-order valence-electron chi connectivity index (χ3n) is 3.56. The molecule has 1 atom stereocenters. The van der Waals surface area contributed by atoms with Gasteiger partial charge in [-0.1, -0.05) is 0 Å². The Labute approximate surface area is 144 Å². The molecule has 132 valence electrons. The number of benzene rings is 2. The van der Waals surface area contributed by atoms with Crippen molar-refractivity contribution in [3.63, 3.8) is 0 Å². The molecule has 25 heavy (non-hydrogen) atoms. The molecule has 0 bridgehead atoms. The van der Waals surface area contributed by atoms with Crippen LogP contribution in [0.25, 0.3) is 0 Å². The molecule has 0 unspecified atom stereocenters. The summed E-state index contributed by atoms with van der Waals surface area (Å²) in [6, 6.07) is 9.84. The Balaban J connectivity index is 2.04. The minimum absolute atomic E-state index is 0.330. The number of carbonyl (C=O) groups is 2. The van der Waals surface area contributed by atoms with Crippen LogP contribution in [0.1, 0.15) is 18.5 Å². The van der Waals surface area contributed by atoms with Crippen molar-refractivity contribution >= 4 is 17.5 Å². The van der Waals surface area contributed by atoms with E-state index in [4.69, 9.17) is 9.47 Å². The summed E-state index contributed by atoms with van der Waals surface area (Å²) in [7, 11) is 3.05. The highest BCUT2D eigenvalue weighted by Crippen LogP contribution is 2.29. The number of hydrogen-bond acceptors (Lipinski definition) is 4. The molecule has 0 aliphatic heterocycles. The third kappa shape index (κ3) is 4.69. The van der Waals surface area contributed by atoms with E-state index in [0.717, 1.165) is 0 Å². The fourth-order valence-electron chi connectivity index (χ4n) is 2.24. The predicted octanol–water partition coefficient (Wildman–Crippen LogP) is 2.66. The monoisotopic (exact) mass is 346 g/mol. The minimum atomic E-state index is -0.842. The van der Waals surface area contributed by atoms with Crippen LogP contribution in [0.2, 0.25) is 0 Å². The van der Waals surface area contributed by atoms with E-state index in [9.17, 15) is 14.0 Å². The second kappa shape index (κ2) is 8.14. The van der Waals surface area contributed by atoms with E-state index in [1.54, 1.807) is 32.2 Å². The summed E-state index contributed by atoms with van der Waals surface area (Å²) in [5.41, 5.74) is 1.03. The average Bonchev–Trinajstić information content (AvgIpc) is 2.62. The van der Waals surface area contributed by atoms with Crippen molar-refractivity contribution in [3.05, 3.63) is 53.8 Å². The Hall–Kier alpha value is -3.09. The van der Waals surface area contributed by atoms with Gasteiger partial charge in [-0.05, 0) is 43.3 Å². The molecule has 2 aromatic rings. The first kappa shape index (κ1) is 18.3. The molecule has 0 heterocycles. The molecule has 2 amide bonds. The topological polar surface area (TPSA) is 76.7 Å². The molecule has 0 saturated carbocycles. The number of anilines is 1. The number of amides is 2. The highest BCUT2D eigenvalue weighted by molar-refractivity contribution is 6.39. The largest absolute Gasteiger partial charge is 0.497 e. The van der Waals surface area contributed by atoms with Crippen molar-refractivity contribution in [1.82, 2.24) is 5.32 Å². The van der Waals surface area contributed by atoms with E-state index in [-0.39, 0.29) is 0 Å². The molecule has 2 N–H and O–H groups in total. The number of carbonyl (C=O) groups excluding carboxylic acids is 2. The third-order valence-corrected chi connectivity index (χ3v) is 3.56. The SMILES string of the molecule is COc1ccc([C@H](C)NC(=O)C(=O)Nc2ccc(F)cc2)c(OC)c1. The van der Waals surface area contributed by atoms with Crippen LogP contribution in [0.5, 0.6) is 11.5 Å². The van der Waals surface area contributed by atoms with E-state index in [1.165, 1.54) is 31.4 Å². The first-order valence-electron chi connectivity index (χ1n) is 7.54. The maximum absolute atomic E-state index is 12.9. The van der Waals surface area contributed by atoms with Gasteiger partial charge < -0.3 is 20.1 Å². The van der Waals surface area contributed by atoms with E-state index < -0.39 is 23.7 Å². The van der Waals surface area contributed by atoms with Crippen molar-refractivity contribution in [3.8, 4) is 11.5 Å². The second-order valence-electron chi connectivity index (χ2n) is 5.26. The van der Waals surface area contributed by atoms with Gasteiger partial charge in [0.25, 0.3) is 0 Å². The van der Waals surface area contributed by atoms with Gasteiger partial charge in [-0.3, -0.25) is 9.59 Å². The average molecular weight is 346 g/mol. The van der Waals surface area contributed by atoms with Gasteiger partial charge in [-0.2, -0.15) is 0 Å². The Morgan fingerprint density at radius 3 is 2.28 bits per heavy atom. The number of nitrogens with one attached hydrogen (secondary N) is 2. The van der Waals surface area contributed by atoms with Crippen LogP contribution in [0.15, 0.2) is 42.5 Å². The molecule has 7 heteroatoms. The van der Waals surface area contributed by atoms with Crippen molar-refractivity contribution in [2.24, 2.45) is 0 Å². The highest BCUT2D eigenvalue weighted by atomic mass is 19.1. The zero-order chi connectivity index (χ0) is 18.4. The molecule has 0 fully saturated rings. The van der Waals surface area contributed by atoms with Crippen LogP contribution < -0.4 is 20.1 Å². The summed E-state index contributed by atoms with van der Waals surface area (Å²) >= 11 is 0. The highest BCUT2D eigenvalue weighted by Gasteiger charge is 2.19. The van der Waals surface area contributed by atoms with Crippen molar-refractivity contribution < 1.29 is 23.5 Å². The van der Waals surface area contributed by atoms with Crippen LogP contribution in [0.3, 0.4) is 0 Å². The molecular weight excluding hydrogens is 327 g/mol. The number of hydrogen-bond donors (Lipinski definition) is 2. The maximum atomic E-state index is 12.9. The van der Waals surface area contributed by atoms with Gasteiger partial charge in [0.2, 0.25) is 0 Å². The number of rotatable bonds is 5. The van der Waals surface area contributed by atoms with E-state index >= 15 is 0 Å². The molecule has 0 radical (unpaired) electrons. The van der Waals surface area contributed by atoms with E-state index in [1.807, 2.05) is 0 Å². The zero-order valence-corrected chi connectivity index (χ0v) is 14.1. The quantitative estimate of drug-likeness (QED) is 0.816. The standard InChI is InChI=1S/C18H19FN2O4/c1-11(15-9-8-14(24-2)10-16(15)25-3)20-17(22)18(23)21-13-6-4-12(19)5-7-13/h4-11H,1-3H3,(H,20,22)(H,21,23)/t11-/m0/s1. The Bertz CT molecular complexity index is 762. The summed E-state index contributed by atoms with van der Waals surface area (Å²) in [4.78, 5) is 24.0. The molecule has 0 spiro atoms. The summed E-state index contributed by atoms with van der Waals surface area (Å²) in [6.07, 6.45) is 0. The van der Waals surface area contributed by atoms with Gasteiger partial charge in [-0.25, -0.2) is 4.39 Å².